The number of hydrogen-bond donors (Lipinski definition) is 0. The molecule has 0 saturated heterocycles. The quantitative estimate of drug-likeness (QED) is 0.139. The number of carbonyl (C=O) groups excluding carboxylic acids is 1. The van der Waals surface area contributed by atoms with Crippen LogP contribution in [-0.4, -0.2) is 29.0 Å². The van der Waals surface area contributed by atoms with Gasteiger partial charge in [-0.2, -0.15) is 9.78 Å². The molecule has 0 amide bonds. The molecule has 0 aliphatic rings. The molecule has 0 atom stereocenters. The highest BCUT2D eigenvalue weighted by Crippen LogP contribution is 2.29. The van der Waals surface area contributed by atoms with E-state index in [9.17, 15) is 9.59 Å². The van der Waals surface area contributed by atoms with Crippen molar-refractivity contribution in [1.29, 1.82) is 0 Å². The van der Waals surface area contributed by atoms with Crippen LogP contribution in [0.4, 0.5) is 0 Å². The lowest BCUT2D eigenvalue weighted by atomic mass is 10.2. The minimum atomic E-state index is -0.553. The second kappa shape index (κ2) is 10.9. The van der Waals surface area contributed by atoms with Crippen LogP contribution in [0.5, 0.6) is 11.5 Å². The first kappa shape index (κ1) is 25.2. The molecule has 0 radical (unpaired) electrons. The summed E-state index contributed by atoms with van der Waals surface area (Å²) in [6, 6.07) is 25.4. The van der Waals surface area contributed by atoms with E-state index in [0.29, 0.717) is 49.2 Å². The summed E-state index contributed by atoms with van der Waals surface area (Å²) >= 11 is 11.9. The number of aromatic nitrogens is 2. The molecule has 7 nitrogen and oxygen atoms in total. The third-order valence-electron chi connectivity index (χ3n) is 5.65. The molecular formula is C29H19Cl2N3O4. The molecule has 9 heteroatoms. The Balaban J connectivity index is 1.50. The molecule has 38 heavy (non-hydrogen) atoms. The normalized spacial score (nSPS) is 11.1. The lowest BCUT2D eigenvalue weighted by Crippen LogP contribution is -2.20. The van der Waals surface area contributed by atoms with E-state index < -0.39 is 5.97 Å². The van der Waals surface area contributed by atoms with Crippen molar-refractivity contribution in [2.75, 3.05) is 7.11 Å². The van der Waals surface area contributed by atoms with Crippen molar-refractivity contribution in [2.45, 2.75) is 0 Å². The van der Waals surface area contributed by atoms with E-state index in [1.165, 1.54) is 18.0 Å². The number of nitrogens with zero attached hydrogens (tertiary/aromatic N) is 3. The van der Waals surface area contributed by atoms with Crippen molar-refractivity contribution in [3.63, 3.8) is 0 Å². The summed E-state index contributed by atoms with van der Waals surface area (Å²) in [6.45, 7) is 0. The highest BCUT2D eigenvalue weighted by Gasteiger charge is 2.14. The van der Waals surface area contributed by atoms with Gasteiger partial charge in [-0.25, -0.2) is 9.78 Å². The van der Waals surface area contributed by atoms with Gasteiger partial charge < -0.3 is 9.47 Å². The van der Waals surface area contributed by atoms with E-state index in [1.807, 2.05) is 6.07 Å². The van der Waals surface area contributed by atoms with Crippen LogP contribution in [0, 0.1) is 0 Å². The third kappa shape index (κ3) is 5.29. The summed E-state index contributed by atoms with van der Waals surface area (Å²) in [5, 5.41) is 5.97. The fourth-order valence-corrected chi connectivity index (χ4v) is 3.99. The fraction of sp³-hybridized carbons (Fsp3) is 0.0345. The van der Waals surface area contributed by atoms with Crippen molar-refractivity contribution in [3.8, 4) is 22.9 Å². The van der Waals surface area contributed by atoms with Crippen molar-refractivity contribution < 1.29 is 14.3 Å². The van der Waals surface area contributed by atoms with Crippen LogP contribution in [0.15, 0.2) is 101 Å². The smallest absolute Gasteiger partial charge is 0.343 e. The summed E-state index contributed by atoms with van der Waals surface area (Å²) in [4.78, 5) is 30.6. The molecule has 0 saturated carbocycles. The van der Waals surface area contributed by atoms with Crippen LogP contribution in [0.1, 0.15) is 15.9 Å². The number of carbonyl (C=O) groups is 1. The van der Waals surface area contributed by atoms with Crippen molar-refractivity contribution >= 4 is 46.3 Å². The molecule has 0 N–H and O–H groups in total. The Kier molecular flexibility index (Phi) is 7.22. The van der Waals surface area contributed by atoms with Crippen molar-refractivity contribution in [3.05, 3.63) is 123 Å². The number of benzene rings is 4. The van der Waals surface area contributed by atoms with Crippen LogP contribution < -0.4 is 15.0 Å². The Hall–Kier alpha value is -4.46. The van der Waals surface area contributed by atoms with Crippen LogP contribution in [-0.2, 0) is 0 Å². The first-order valence-corrected chi connectivity index (χ1v) is 12.2. The maximum atomic E-state index is 13.4. The minimum absolute atomic E-state index is 0.232. The predicted molar refractivity (Wildman–Crippen MR) is 149 cm³/mol. The molecule has 4 aromatic carbocycles. The SMILES string of the molecule is COc1cc(C=Nn2c(-c3ccc(Cl)cc3)nc3ccccc3c2=O)ccc1OC(=O)c1ccc(Cl)cc1. The van der Waals surface area contributed by atoms with Gasteiger partial charge >= 0.3 is 5.97 Å². The van der Waals surface area contributed by atoms with Crippen LogP contribution >= 0.6 is 23.2 Å². The Morgan fingerprint density at radius 1 is 0.895 bits per heavy atom. The van der Waals surface area contributed by atoms with Crippen LogP contribution in [0.2, 0.25) is 10.0 Å². The summed E-state index contributed by atoms with van der Waals surface area (Å²) in [5.74, 6) is 0.360. The van der Waals surface area contributed by atoms with E-state index >= 15 is 0 Å². The van der Waals surface area contributed by atoms with Gasteiger partial charge in [0.1, 0.15) is 0 Å². The van der Waals surface area contributed by atoms with Gasteiger partial charge in [0.05, 0.1) is 29.8 Å². The van der Waals surface area contributed by atoms with E-state index in [1.54, 1.807) is 84.9 Å². The topological polar surface area (TPSA) is 82.8 Å². The molecule has 5 aromatic rings. The van der Waals surface area contributed by atoms with Gasteiger partial charge in [-0.3, -0.25) is 4.79 Å². The third-order valence-corrected chi connectivity index (χ3v) is 6.15. The highest BCUT2D eigenvalue weighted by molar-refractivity contribution is 6.31. The van der Waals surface area contributed by atoms with E-state index in [0.717, 1.165) is 0 Å². The molecule has 188 valence electrons. The molecule has 0 fully saturated rings. The summed E-state index contributed by atoms with van der Waals surface area (Å²) < 4.78 is 12.2. The number of para-hydroxylation sites is 1. The number of methoxy groups -OCH3 is 1. The molecule has 0 aliphatic heterocycles. The van der Waals surface area contributed by atoms with Crippen molar-refractivity contribution in [1.82, 2.24) is 9.66 Å². The van der Waals surface area contributed by atoms with Gasteiger partial charge in [-0.1, -0.05) is 35.3 Å². The van der Waals surface area contributed by atoms with Gasteiger partial charge in [0.25, 0.3) is 5.56 Å². The Bertz CT molecular complexity index is 1730. The van der Waals surface area contributed by atoms with E-state index in [2.05, 4.69) is 10.1 Å². The standard InChI is InChI=1S/C29H19Cl2N3O4/c1-37-26-16-18(6-15-25(26)38-29(36)20-9-13-22(31)14-10-20)17-32-34-27(19-7-11-21(30)12-8-19)33-24-5-3-2-4-23(24)28(34)35/h2-17H,1H3. The van der Waals surface area contributed by atoms with Gasteiger partial charge in [0.15, 0.2) is 17.3 Å². The van der Waals surface area contributed by atoms with Crippen LogP contribution in [0.3, 0.4) is 0 Å². The molecule has 5 rings (SSSR count). The summed E-state index contributed by atoms with van der Waals surface area (Å²) in [5.41, 5.74) is 1.87. The molecule has 0 bridgehead atoms. The monoisotopic (exact) mass is 543 g/mol. The number of esters is 1. The average Bonchev–Trinajstić information content (AvgIpc) is 2.94. The van der Waals surface area contributed by atoms with Gasteiger partial charge in [-0.15, -0.1) is 0 Å². The molecule has 0 aliphatic carbocycles. The maximum absolute atomic E-state index is 13.4. The number of hydrogen-bond acceptors (Lipinski definition) is 6. The van der Waals surface area contributed by atoms with E-state index in [-0.39, 0.29) is 11.3 Å². The summed E-state index contributed by atoms with van der Waals surface area (Å²) in [7, 11) is 1.46. The van der Waals surface area contributed by atoms with Crippen molar-refractivity contribution in [2.24, 2.45) is 5.10 Å². The second-order valence-electron chi connectivity index (χ2n) is 8.13. The van der Waals surface area contributed by atoms with E-state index in [4.69, 9.17) is 32.7 Å². The molecule has 1 heterocycles. The Morgan fingerprint density at radius 3 is 2.29 bits per heavy atom. The van der Waals surface area contributed by atoms with Crippen LogP contribution in [0.25, 0.3) is 22.3 Å². The summed E-state index contributed by atoms with van der Waals surface area (Å²) in [6.07, 6.45) is 1.50. The Labute approximate surface area is 227 Å². The maximum Gasteiger partial charge on any atom is 0.343 e. The first-order valence-electron chi connectivity index (χ1n) is 11.4. The zero-order chi connectivity index (χ0) is 26.6. The Morgan fingerprint density at radius 2 is 1.58 bits per heavy atom. The lowest BCUT2D eigenvalue weighted by Gasteiger charge is -2.11. The van der Waals surface area contributed by atoms with Gasteiger partial charge in [0.2, 0.25) is 0 Å². The second-order valence-corrected chi connectivity index (χ2v) is 9.00. The number of rotatable bonds is 6. The zero-order valence-corrected chi connectivity index (χ0v) is 21.5. The number of fused-ring (bicyclic) bond motifs is 1. The fourth-order valence-electron chi connectivity index (χ4n) is 3.73. The largest absolute Gasteiger partial charge is 0.493 e. The predicted octanol–water partition coefficient (Wildman–Crippen LogP) is 6.48. The minimum Gasteiger partial charge on any atom is -0.493 e. The lowest BCUT2D eigenvalue weighted by molar-refractivity contribution is 0.0729. The van der Waals surface area contributed by atoms with Gasteiger partial charge in [0, 0.05) is 15.6 Å². The number of halogens is 2. The molecule has 0 unspecified atom stereocenters. The zero-order valence-electron chi connectivity index (χ0n) is 20.0. The highest BCUT2D eigenvalue weighted by atomic mass is 35.5. The van der Waals surface area contributed by atoms with Gasteiger partial charge in [-0.05, 0) is 84.4 Å². The molecule has 0 spiro atoms. The first-order chi connectivity index (χ1) is 18.4. The molecular weight excluding hydrogens is 525 g/mol. The number of ether oxygens (including phenoxy) is 2. The molecule has 1 aromatic heterocycles. The average molecular weight is 544 g/mol.